The topological polar surface area (TPSA) is 37.4 Å². The van der Waals surface area contributed by atoms with Crippen LogP contribution in [0, 0.1) is 0 Å². The van der Waals surface area contributed by atoms with Crippen molar-refractivity contribution in [2.24, 2.45) is 0 Å². The van der Waals surface area contributed by atoms with Crippen molar-refractivity contribution in [3.05, 3.63) is 41.4 Å². The predicted octanol–water partition coefficient (Wildman–Crippen LogP) is 4.72. The van der Waals surface area contributed by atoms with Gasteiger partial charge in [0.25, 0.3) is 0 Å². The lowest BCUT2D eigenvalue weighted by atomic mass is 10.1. The number of rotatable bonds is 5. The molecule has 4 nitrogen and oxygen atoms in total. The molecule has 0 bridgehead atoms. The van der Waals surface area contributed by atoms with Gasteiger partial charge in [-0.15, -0.1) is 0 Å². The molecule has 3 rings (SSSR count). The average Bonchev–Trinajstić information content (AvgIpc) is 2.58. The minimum Gasteiger partial charge on any atom is -0.497 e. The molecule has 0 atom stereocenters. The Morgan fingerprint density at radius 1 is 1.04 bits per heavy atom. The summed E-state index contributed by atoms with van der Waals surface area (Å²) < 4.78 is 5.38. The standard InChI is InChI=1S/C18H20ClN3O/c1-4-22(5-2)21-18-14-8-6-12(19)10-17(14)20-16-9-7-13(23-3)11-15(16)18/h6-11H,4-5H2,1-3H3,(H,20,21). The van der Waals surface area contributed by atoms with Gasteiger partial charge in [0.2, 0.25) is 0 Å². The zero-order valence-corrected chi connectivity index (χ0v) is 14.3. The lowest BCUT2D eigenvalue weighted by Gasteiger charge is -2.23. The Hall–Kier alpha value is -2.04. The fourth-order valence-electron chi connectivity index (χ4n) is 2.68. The van der Waals surface area contributed by atoms with E-state index in [9.17, 15) is 0 Å². The number of fused-ring (bicyclic) bond motifs is 2. The van der Waals surface area contributed by atoms with Gasteiger partial charge in [0.1, 0.15) is 5.75 Å². The van der Waals surface area contributed by atoms with Crippen LogP contribution in [0.5, 0.6) is 5.75 Å². The van der Waals surface area contributed by atoms with Crippen molar-refractivity contribution in [1.82, 2.24) is 9.99 Å². The largest absolute Gasteiger partial charge is 0.497 e. The quantitative estimate of drug-likeness (QED) is 0.543. The number of hydrazine groups is 1. The Balaban J connectivity index is 2.31. The van der Waals surface area contributed by atoms with Crippen molar-refractivity contribution in [3.63, 3.8) is 0 Å². The molecule has 120 valence electrons. The number of anilines is 1. The van der Waals surface area contributed by atoms with E-state index in [4.69, 9.17) is 21.3 Å². The van der Waals surface area contributed by atoms with E-state index in [1.165, 1.54) is 0 Å². The number of halogens is 1. The maximum absolute atomic E-state index is 6.14. The van der Waals surface area contributed by atoms with Crippen molar-refractivity contribution in [2.75, 3.05) is 25.6 Å². The van der Waals surface area contributed by atoms with Gasteiger partial charge in [0, 0.05) is 28.9 Å². The molecule has 1 aromatic heterocycles. The van der Waals surface area contributed by atoms with Crippen LogP contribution in [0.4, 0.5) is 5.69 Å². The number of nitrogens with zero attached hydrogens (tertiary/aromatic N) is 2. The van der Waals surface area contributed by atoms with Gasteiger partial charge >= 0.3 is 0 Å². The average molecular weight is 330 g/mol. The highest BCUT2D eigenvalue weighted by Crippen LogP contribution is 2.34. The summed E-state index contributed by atoms with van der Waals surface area (Å²) in [4.78, 5) is 4.74. The van der Waals surface area contributed by atoms with E-state index in [-0.39, 0.29) is 0 Å². The lowest BCUT2D eigenvalue weighted by Crippen LogP contribution is -2.29. The molecule has 0 aliphatic heterocycles. The number of benzene rings is 2. The summed E-state index contributed by atoms with van der Waals surface area (Å²) in [6.07, 6.45) is 0. The molecule has 0 saturated carbocycles. The van der Waals surface area contributed by atoms with E-state index < -0.39 is 0 Å². The maximum Gasteiger partial charge on any atom is 0.119 e. The van der Waals surface area contributed by atoms with Crippen LogP contribution in [0.1, 0.15) is 13.8 Å². The molecule has 0 radical (unpaired) electrons. The molecule has 0 aliphatic rings. The zero-order chi connectivity index (χ0) is 16.4. The first kappa shape index (κ1) is 15.8. The number of ether oxygens (including phenoxy) is 1. The first-order valence-electron chi connectivity index (χ1n) is 7.74. The van der Waals surface area contributed by atoms with E-state index in [1.54, 1.807) is 7.11 Å². The van der Waals surface area contributed by atoms with Crippen LogP contribution in [0.25, 0.3) is 21.8 Å². The molecule has 1 heterocycles. The summed E-state index contributed by atoms with van der Waals surface area (Å²) in [5, 5.41) is 4.92. The normalized spacial score (nSPS) is 11.3. The van der Waals surface area contributed by atoms with Crippen LogP contribution < -0.4 is 10.2 Å². The van der Waals surface area contributed by atoms with Crippen molar-refractivity contribution >= 4 is 39.1 Å². The summed E-state index contributed by atoms with van der Waals surface area (Å²) in [6.45, 7) is 6.05. The summed E-state index contributed by atoms with van der Waals surface area (Å²) >= 11 is 6.14. The van der Waals surface area contributed by atoms with Gasteiger partial charge in [-0.3, -0.25) is 0 Å². The third-order valence-electron chi connectivity index (χ3n) is 3.98. The van der Waals surface area contributed by atoms with Crippen LogP contribution in [0.3, 0.4) is 0 Å². The molecule has 0 saturated heterocycles. The second-order valence-corrected chi connectivity index (χ2v) is 5.75. The molecule has 0 fully saturated rings. The molecule has 0 amide bonds. The van der Waals surface area contributed by atoms with E-state index in [1.807, 2.05) is 36.4 Å². The smallest absolute Gasteiger partial charge is 0.119 e. The van der Waals surface area contributed by atoms with E-state index in [0.29, 0.717) is 5.02 Å². The van der Waals surface area contributed by atoms with Gasteiger partial charge in [-0.1, -0.05) is 25.4 Å². The van der Waals surface area contributed by atoms with Crippen LogP contribution in [-0.2, 0) is 0 Å². The zero-order valence-electron chi connectivity index (χ0n) is 13.6. The fourth-order valence-corrected chi connectivity index (χ4v) is 2.85. The van der Waals surface area contributed by atoms with Crippen LogP contribution in [0.15, 0.2) is 36.4 Å². The molecule has 23 heavy (non-hydrogen) atoms. The summed E-state index contributed by atoms with van der Waals surface area (Å²) in [5.41, 5.74) is 6.35. The SMILES string of the molecule is CCN(CC)Nc1c2ccc(Cl)cc2nc2ccc(OC)cc12. The Kier molecular flexibility index (Phi) is 4.55. The Morgan fingerprint density at radius 2 is 1.83 bits per heavy atom. The molecule has 2 aromatic carbocycles. The third-order valence-corrected chi connectivity index (χ3v) is 4.21. The minimum atomic E-state index is 0.687. The van der Waals surface area contributed by atoms with Gasteiger partial charge < -0.3 is 10.2 Å². The molecular weight excluding hydrogens is 310 g/mol. The number of hydrogen-bond acceptors (Lipinski definition) is 4. The second-order valence-electron chi connectivity index (χ2n) is 5.32. The number of methoxy groups -OCH3 is 1. The molecule has 5 heteroatoms. The Morgan fingerprint density at radius 3 is 2.52 bits per heavy atom. The van der Waals surface area contributed by atoms with Crippen LogP contribution in [0.2, 0.25) is 5.02 Å². The number of pyridine rings is 1. The number of hydrogen-bond donors (Lipinski definition) is 1. The van der Waals surface area contributed by atoms with Gasteiger partial charge in [-0.25, -0.2) is 9.99 Å². The summed E-state index contributed by atoms with van der Waals surface area (Å²) in [7, 11) is 1.67. The summed E-state index contributed by atoms with van der Waals surface area (Å²) in [5.74, 6) is 0.815. The molecule has 0 aliphatic carbocycles. The van der Waals surface area contributed by atoms with Gasteiger partial charge in [-0.05, 0) is 36.4 Å². The predicted molar refractivity (Wildman–Crippen MR) is 97.4 cm³/mol. The Bertz CT molecular complexity index is 846. The maximum atomic E-state index is 6.14. The van der Waals surface area contributed by atoms with Gasteiger partial charge in [0.05, 0.1) is 23.8 Å². The van der Waals surface area contributed by atoms with E-state index >= 15 is 0 Å². The Labute approximate surface area is 141 Å². The minimum absolute atomic E-state index is 0.687. The highest BCUT2D eigenvalue weighted by Gasteiger charge is 2.12. The van der Waals surface area contributed by atoms with Crippen molar-refractivity contribution in [2.45, 2.75) is 13.8 Å². The third kappa shape index (κ3) is 3.05. The van der Waals surface area contributed by atoms with Crippen molar-refractivity contribution < 1.29 is 4.74 Å². The molecule has 1 N–H and O–H groups in total. The monoisotopic (exact) mass is 329 g/mol. The molecule has 0 spiro atoms. The van der Waals surface area contributed by atoms with Crippen LogP contribution >= 0.6 is 11.6 Å². The molecule has 3 aromatic rings. The van der Waals surface area contributed by atoms with Crippen LogP contribution in [-0.4, -0.2) is 30.2 Å². The lowest BCUT2D eigenvalue weighted by molar-refractivity contribution is 0.368. The van der Waals surface area contributed by atoms with E-state index in [0.717, 1.165) is 46.3 Å². The van der Waals surface area contributed by atoms with Crippen molar-refractivity contribution in [3.8, 4) is 5.75 Å². The highest BCUT2D eigenvalue weighted by molar-refractivity contribution is 6.31. The second kappa shape index (κ2) is 6.60. The summed E-state index contributed by atoms with van der Waals surface area (Å²) in [6, 6.07) is 11.7. The first-order chi connectivity index (χ1) is 11.2. The van der Waals surface area contributed by atoms with Crippen molar-refractivity contribution in [1.29, 1.82) is 0 Å². The molecular formula is C18H20ClN3O. The van der Waals surface area contributed by atoms with Gasteiger partial charge in [-0.2, -0.15) is 0 Å². The first-order valence-corrected chi connectivity index (χ1v) is 8.12. The molecule has 0 unspecified atom stereocenters. The highest BCUT2D eigenvalue weighted by atomic mass is 35.5. The van der Waals surface area contributed by atoms with Gasteiger partial charge in [0.15, 0.2) is 0 Å². The number of nitrogens with one attached hydrogen (secondary N) is 1. The fraction of sp³-hybridized carbons (Fsp3) is 0.278. The number of aromatic nitrogens is 1. The van der Waals surface area contributed by atoms with E-state index in [2.05, 4.69) is 24.3 Å².